The van der Waals surface area contributed by atoms with Gasteiger partial charge in [0.15, 0.2) is 0 Å². The van der Waals surface area contributed by atoms with Crippen LogP contribution in [0, 0.1) is 0 Å². The molecule has 0 saturated carbocycles. The van der Waals surface area contributed by atoms with Gasteiger partial charge >= 0.3 is 12.2 Å². The maximum Gasteiger partial charge on any atom is 0.407 e. The topological polar surface area (TPSA) is 193 Å². The Hall–Kier alpha value is -6.16. The van der Waals surface area contributed by atoms with Crippen molar-refractivity contribution in [1.82, 2.24) is 40.4 Å². The second-order valence-corrected chi connectivity index (χ2v) is 17.2. The van der Waals surface area contributed by atoms with Gasteiger partial charge < -0.3 is 49.3 Å². The molecule has 0 aliphatic carbocycles. The number of ether oxygens (including phenoxy) is 4. The Morgan fingerprint density at radius 3 is 2.52 bits per heavy atom. The van der Waals surface area contributed by atoms with E-state index in [0.717, 1.165) is 106 Å². The molecule has 2 fully saturated rings. The number of amides is 4. The molecule has 0 spiro atoms. The summed E-state index contributed by atoms with van der Waals surface area (Å²) in [6, 6.07) is 14.2. The van der Waals surface area contributed by atoms with Crippen LogP contribution in [0.4, 0.5) is 9.59 Å². The maximum atomic E-state index is 13.8. The van der Waals surface area contributed by atoms with Gasteiger partial charge in [-0.25, -0.2) is 19.6 Å². The zero-order chi connectivity index (χ0) is 44.4. The third-order valence-corrected chi connectivity index (χ3v) is 13.0. The lowest BCUT2D eigenvalue weighted by molar-refractivity contribution is -0.166. The average Bonchev–Trinajstić information content (AvgIpc) is 4.05. The molecule has 63 heavy (non-hydrogen) atoms. The third kappa shape index (κ3) is 8.77. The number of fused-ring (bicyclic) bond motifs is 6. The van der Waals surface area contributed by atoms with Crippen molar-refractivity contribution in [1.29, 1.82) is 0 Å². The SMILES string of the molecule is CCC[C@H]1CCC(c2nc3c(ccc4cc5c(cc43)OCc3cc(-c4cnc(CN(C(=O)CNC(=O)OC)C(CC)[C@@]6(C)CCC[C@@H](C)O6)[nH]4)ccc3-5)[nH]2)N1C(=O)CNC(=O)OC. The van der Waals surface area contributed by atoms with Gasteiger partial charge in [0.05, 0.1) is 67.5 Å². The summed E-state index contributed by atoms with van der Waals surface area (Å²) in [4.78, 5) is 71.5. The Morgan fingerprint density at radius 1 is 0.984 bits per heavy atom. The number of benzene rings is 3. The Balaban J connectivity index is 1.04. The van der Waals surface area contributed by atoms with E-state index in [0.29, 0.717) is 18.9 Å². The van der Waals surface area contributed by atoms with Crippen molar-refractivity contribution < 1.29 is 38.1 Å². The summed E-state index contributed by atoms with van der Waals surface area (Å²) in [6.45, 7) is 8.54. The Bertz CT molecular complexity index is 2520. The van der Waals surface area contributed by atoms with E-state index < -0.39 is 17.8 Å². The van der Waals surface area contributed by atoms with Crippen LogP contribution in [-0.4, -0.2) is 105 Å². The minimum atomic E-state index is -0.669. The number of nitrogens with zero attached hydrogens (tertiary/aromatic N) is 4. The van der Waals surface area contributed by atoms with E-state index >= 15 is 0 Å². The number of hydrogen-bond acceptors (Lipinski definition) is 10. The molecule has 3 aromatic carbocycles. The molecule has 4 amide bonds. The highest BCUT2D eigenvalue weighted by Crippen LogP contribution is 2.44. The molecular formula is C47H58N8O8. The molecule has 5 aromatic rings. The number of likely N-dealkylation sites (tertiary alicyclic amines) is 1. The second kappa shape index (κ2) is 18.3. The van der Waals surface area contributed by atoms with Crippen LogP contribution in [0.25, 0.3) is 44.2 Å². The van der Waals surface area contributed by atoms with Gasteiger partial charge in [-0.2, -0.15) is 0 Å². The van der Waals surface area contributed by atoms with Gasteiger partial charge in [0.1, 0.15) is 37.1 Å². The molecule has 2 unspecified atom stereocenters. The van der Waals surface area contributed by atoms with E-state index in [1.54, 1.807) is 11.1 Å². The van der Waals surface area contributed by atoms with Gasteiger partial charge in [0.25, 0.3) is 0 Å². The largest absolute Gasteiger partial charge is 0.488 e. The van der Waals surface area contributed by atoms with Crippen LogP contribution < -0.4 is 15.4 Å². The molecule has 3 aliphatic rings. The molecule has 16 nitrogen and oxygen atoms in total. The van der Waals surface area contributed by atoms with Crippen molar-refractivity contribution in [3.05, 3.63) is 65.9 Å². The first-order valence-corrected chi connectivity index (χ1v) is 22.1. The summed E-state index contributed by atoms with van der Waals surface area (Å²) in [5.74, 6) is 1.69. The molecule has 334 valence electrons. The highest BCUT2D eigenvalue weighted by Gasteiger charge is 2.43. The number of aromatic nitrogens is 4. The van der Waals surface area contributed by atoms with Crippen LogP contribution in [-0.2, 0) is 37.0 Å². The molecule has 2 saturated heterocycles. The minimum absolute atomic E-state index is 0.0604. The van der Waals surface area contributed by atoms with Crippen molar-refractivity contribution in [3.8, 4) is 28.1 Å². The average molecular weight is 863 g/mol. The number of carbonyl (C=O) groups excluding carboxylic acids is 4. The predicted octanol–water partition coefficient (Wildman–Crippen LogP) is 7.66. The van der Waals surface area contributed by atoms with Crippen LogP contribution in [0.15, 0.2) is 48.7 Å². The molecule has 3 aliphatic heterocycles. The summed E-state index contributed by atoms with van der Waals surface area (Å²) in [7, 11) is 2.55. The fourth-order valence-electron chi connectivity index (χ4n) is 10.1. The number of alkyl carbamates (subject to hydrolysis) is 2. The normalized spacial score (nSPS) is 21.0. The van der Waals surface area contributed by atoms with Gasteiger partial charge in [-0.1, -0.05) is 38.5 Å². The van der Waals surface area contributed by atoms with E-state index in [-0.39, 0.29) is 55.7 Å². The molecule has 2 aromatic heterocycles. The Kier molecular flexibility index (Phi) is 12.6. The van der Waals surface area contributed by atoms with Gasteiger partial charge in [-0.15, -0.1) is 0 Å². The molecular weight excluding hydrogens is 805 g/mol. The lowest BCUT2D eigenvalue weighted by Gasteiger charge is -2.47. The van der Waals surface area contributed by atoms with Crippen molar-refractivity contribution in [3.63, 3.8) is 0 Å². The zero-order valence-electron chi connectivity index (χ0n) is 37.0. The number of hydrogen-bond donors (Lipinski definition) is 4. The zero-order valence-corrected chi connectivity index (χ0v) is 37.0. The van der Waals surface area contributed by atoms with E-state index in [1.165, 1.54) is 14.2 Å². The summed E-state index contributed by atoms with van der Waals surface area (Å²) >= 11 is 0. The monoisotopic (exact) mass is 862 g/mol. The van der Waals surface area contributed by atoms with E-state index in [4.69, 9.17) is 28.9 Å². The molecule has 4 N–H and O–H groups in total. The number of carbonyl (C=O) groups is 4. The van der Waals surface area contributed by atoms with Crippen LogP contribution in [0.1, 0.15) is 102 Å². The Morgan fingerprint density at radius 2 is 1.78 bits per heavy atom. The number of aromatic amines is 2. The highest BCUT2D eigenvalue weighted by atomic mass is 16.5. The molecule has 5 atom stereocenters. The minimum Gasteiger partial charge on any atom is -0.488 e. The van der Waals surface area contributed by atoms with Gasteiger partial charge in [0, 0.05) is 17.0 Å². The first-order chi connectivity index (χ1) is 30.4. The van der Waals surface area contributed by atoms with Crippen LogP contribution in [0.3, 0.4) is 0 Å². The van der Waals surface area contributed by atoms with E-state index in [2.05, 4.69) is 84.7 Å². The molecule has 8 rings (SSSR count). The highest BCUT2D eigenvalue weighted by molar-refractivity contribution is 6.07. The van der Waals surface area contributed by atoms with Crippen molar-refractivity contribution in [2.75, 3.05) is 27.3 Å². The molecule has 0 bridgehead atoms. The lowest BCUT2D eigenvalue weighted by atomic mass is 9.84. The first-order valence-electron chi connectivity index (χ1n) is 22.1. The molecule has 5 heterocycles. The second-order valence-electron chi connectivity index (χ2n) is 17.2. The van der Waals surface area contributed by atoms with Crippen molar-refractivity contribution in [2.45, 2.75) is 122 Å². The standard InChI is InChI=1S/C47H58N8O8/c1-7-10-31-14-17-37(55(31)42(57)24-50-46(59)61-6)44-52-35-16-13-28-20-34-32-15-12-29(19-30(32)26-62-38(34)21-33(28)43(35)53-44)36-22-48-40(51-36)25-54(41(56)23-49-45(58)60-5)39(8-2)47(4)18-9-11-27(3)63-47/h12-13,15-16,19-22,27,31,37,39H,7-11,14,17-18,23-26H2,1-6H3,(H,48,51)(H,49,58)(H,50,59)(H,52,53)/t27-,31+,37?,39?,47-/m1/s1. The van der Waals surface area contributed by atoms with Crippen molar-refractivity contribution >= 4 is 45.8 Å². The summed E-state index contributed by atoms with van der Waals surface area (Å²) in [5, 5.41) is 7.06. The lowest BCUT2D eigenvalue weighted by Crippen LogP contribution is -2.57. The predicted molar refractivity (Wildman–Crippen MR) is 237 cm³/mol. The molecule has 16 heteroatoms. The van der Waals surface area contributed by atoms with E-state index in [1.807, 2.05) is 11.0 Å². The van der Waals surface area contributed by atoms with Crippen LogP contribution >= 0.6 is 0 Å². The van der Waals surface area contributed by atoms with Crippen molar-refractivity contribution in [2.24, 2.45) is 0 Å². The quantitative estimate of drug-likeness (QED) is 0.0913. The van der Waals surface area contributed by atoms with Gasteiger partial charge in [0.2, 0.25) is 11.8 Å². The fourth-order valence-corrected chi connectivity index (χ4v) is 10.1. The first kappa shape index (κ1) is 43.5. The van der Waals surface area contributed by atoms with Crippen LogP contribution in [0.2, 0.25) is 0 Å². The smallest absolute Gasteiger partial charge is 0.407 e. The summed E-state index contributed by atoms with van der Waals surface area (Å²) in [6.07, 6.45) is 7.44. The van der Waals surface area contributed by atoms with Gasteiger partial charge in [-0.3, -0.25) is 9.59 Å². The van der Waals surface area contributed by atoms with E-state index in [9.17, 15) is 19.2 Å². The Labute approximate surface area is 366 Å². The fraction of sp³-hybridized carbons (Fsp3) is 0.489. The number of imidazole rings is 2. The van der Waals surface area contributed by atoms with Gasteiger partial charge in [-0.05, 0) is 105 Å². The maximum absolute atomic E-state index is 13.8. The third-order valence-electron chi connectivity index (χ3n) is 13.0. The molecule has 0 radical (unpaired) electrons. The summed E-state index contributed by atoms with van der Waals surface area (Å²) in [5.41, 5.74) is 5.95. The number of rotatable bonds is 13. The number of methoxy groups -OCH3 is 2. The number of nitrogens with one attached hydrogen (secondary N) is 4. The van der Waals surface area contributed by atoms with Crippen LogP contribution in [0.5, 0.6) is 5.75 Å². The number of H-pyrrole nitrogens is 2. The summed E-state index contributed by atoms with van der Waals surface area (Å²) < 4.78 is 22.4.